The molecular formula is C13H17NO3S. The molecule has 0 unspecified atom stereocenters. The quantitative estimate of drug-likeness (QED) is 0.667. The summed E-state index contributed by atoms with van der Waals surface area (Å²) in [4.78, 5) is 0.109. The molecule has 0 aliphatic heterocycles. The first-order valence-electron chi connectivity index (χ1n) is 5.52. The number of ether oxygens (including phenoxy) is 1. The Morgan fingerprint density at radius 3 is 2.28 bits per heavy atom. The molecule has 2 N–H and O–H groups in total. The average Bonchev–Trinajstić information content (AvgIpc) is 2.25. The van der Waals surface area contributed by atoms with Gasteiger partial charge < -0.3 is 4.74 Å². The molecule has 0 aromatic heterocycles. The number of aryl methyl sites for hydroxylation is 2. The van der Waals surface area contributed by atoms with Gasteiger partial charge in [-0.15, -0.1) is 11.8 Å². The predicted octanol–water partition coefficient (Wildman–Crippen LogP) is 1.74. The molecule has 5 heteroatoms. The average molecular weight is 267 g/mol. The van der Waals surface area contributed by atoms with Gasteiger partial charge in [0.2, 0.25) is 10.0 Å². The van der Waals surface area contributed by atoms with Crippen molar-refractivity contribution >= 4 is 10.0 Å². The van der Waals surface area contributed by atoms with Crippen LogP contribution >= 0.6 is 0 Å². The molecule has 1 aromatic rings. The monoisotopic (exact) mass is 267 g/mol. The smallest absolute Gasteiger partial charge is 0.238 e. The Morgan fingerprint density at radius 1 is 1.28 bits per heavy atom. The third kappa shape index (κ3) is 3.76. The Hall–Kier alpha value is -1.51. The maximum atomic E-state index is 11.3. The van der Waals surface area contributed by atoms with E-state index in [4.69, 9.17) is 9.88 Å². The number of sulfonamides is 1. The van der Waals surface area contributed by atoms with Gasteiger partial charge in [0.25, 0.3) is 0 Å². The summed E-state index contributed by atoms with van der Waals surface area (Å²) in [5.41, 5.74) is 1.51. The van der Waals surface area contributed by atoms with Crippen LogP contribution in [-0.2, 0) is 10.0 Å². The molecule has 0 radical (unpaired) electrons. The summed E-state index contributed by atoms with van der Waals surface area (Å²) in [6.07, 6.45) is 0.645. The van der Waals surface area contributed by atoms with Gasteiger partial charge in [-0.1, -0.05) is 0 Å². The number of hydrogen-bond donors (Lipinski definition) is 1. The van der Waals surface area contributed by atoms with Gasteiger partial charge in [-0.25, -0.2) is 13.6 Å². The molecule has 1 rings (SSSR count). The summed E-state index contributed by atoms with van der Waals surface area (Å²) >= 11 is 0. The highest BCUT2D eigenvalue weighted by Gasteiger charge is 2.13. The second-order valence-corrected chi connectivity index (χ2v) is 5.52. The fourth-order valence-electron chi connectivity index (χ4n) is 1.63. The second kappa shape index (κ2) is 5.89. The van der Waals surface area contributed by atoms with Gasteiger partial charge in [0.15, 0.2) is 0 Å². The molecular weight excluding hydrogens is 250 g/mol. The molecule has 98 valence electrons. The van der Waals surface area contributed by atoms with Crippen LogP contribution in [0.4, 0.5) is 0 Å². The van der Waals surface area contributed by atoms with Gasteiger partial charge in [-0.2, -0.15) is 0 Å². The highest BCUT2D eigenvalue weighted by molar-refractivity contribution is 7.89. The van der Waals surface area contributed by atoms with E-state index in [0.717, 1.165) is 11.1 Å². The summed E-state index contributed by atoms with van der Waals surface area (Å²) in [6, 6.07) is 3.03. The Bertz CT molecular complexity index is 571. The molecule has 1 aromatic carbocycles. The fourth-order valence-corrected chi connectivity index (χ4v) is 2.31. The van der Waals surface area contributed by atoms with E-state index in [1.54, 1.807) is 20.8 Å². The molecule has 4 nitrogen and oxygen atoms in total. The Kier molecular flexibility index (Phi) is 4.76. The highest BCUT2D eigenvalue weighted by atomic mass is 32.2. The first kappa shape index (κ1) is 14.6. The van der Waals surface area contributed by atoms with Gasteiger partial charge in [-0.05, 0) is 44.0 Å². The first-order chi connectivity index (χ1) is 8.36. The number of rotatable bonds is 4. The van der Waals surface area contributed by atoms with Crippen molar-refractivity contribution in [1.29, 1.82) is 0 Å². The van der Waals surface area contributed by atoms with Gasteiger partial charge in [-0.3, -0.25) is 0 Å². The zero-order valence-electron chi connectivity index (χ0n) is 10.8. The van der Waals surface area contributed by atoms with Crippen LogP contribution < -0.4 is 9.88 Å². The Balaban J connectivity index is 2.97. The minimum Gasteiger partial charge on any atom is -0.492 e. The van der Waals surface area contributed by atoms with E-state index in [2.05, 4.69) is 11.8 Å². The zero-order valence-corrected chi connectivity index (χ0v) is 11.6. The summed E-state index contributed by atoms with van der Waals surface area (Å²) in [5, 5.41) is 5.10. The minimum absolute atomic E-state index is 0.109. The fraction of sp³-hybridized carbons (Fsp3) is 0.385. The highest BCUT2D eigenvalue weighted by Crippen LogP contribution is 2.26. The van der Waals surface area contributed by atoms with Crippen LogP contribution in [0.2, 0.25) is 0 Å². The van der Waals surface area contributed by atoms with Crippen molar-refractivity contribution in [3.63, 3.8) is 0 Å². The zero-order chi connectivity index (χ0) is 13.8. The van der Waals surface area contributed by atoms with Crippen LogP contribution in [0.5, 0.6) is 5.75 Å². The second-order valence-electron chi connectivity index (χ2n) is 3.96. The predicted molar refractivity (Wildman–Crippen MR) is 70.9 cm³/mol. The largest absolute Gasteiger partial charge is 0.492 e. The normalized spacial score (nSPS) is 10.7. The molecule has 0 fully saturated rings. The van der Waals surface area contributed by atoms with E-state index in [1.165, 1.54) is 12.1 Å². The number of hydrogen-bond acceptors (Lipinski definition) is 3. The van der Waals surface area contributed by atoms with Crippen LogP contribution in [0.3, 0.4) is 0 Å². The maximum absolute atomic E-state index is 11.3. The SMILES string of the molecule is CC#CCCOc1c(C)cc(S(N)(=O)=O)cc1C. The molecule has 0 amide bonds. The van der Waals surface area contributed by atoms with Crippen molar-refractivity contribution in [2.24, 2.45) is 5.14 Å². The third-order valence-electron chi connectivity index (χ3n) is 2.41. The van der Waals surface area contributed by atoms with Crippen molar-refractivity contribution in [2.45, 2.75) is 32.1 Å². The minimum atomic E-state index is -3.67. The molecule has 0 saturated heterocycles. The summed E-state index contributed by atoms with van der Waals surface area (Å²) < 4.78 is 28.1. The van der Waals surface area contributed by atoms with Crippen molar-refractivity contribution in [2.75, 3.05) is 6.61 Å². The lowest BCUT2D eigenvalue weighted by Crippen LogP contribution is -2.13. The van der Waals surface area contributed by atoms with Crippen LogP contribution in [0.15, 0.2) is 17.0 Å². The van der Waals surface area contributed by atoms with E-state index in [9.17, 15) is 8.42 Å². The lowest BCUT2D eigenvalue weighted by atomic mass is 10.1. The molecule has 0 heterocycles. The summed E-state index contributed by atoms with van der Waals surface area (Å²) in [7, 11) is -3.67. The molecule has 0 bridgehead atoms. The van der Waals surface area contributed by atoms with Crippen LogP contribution in [0.25, 0.3) is 0 Å². The van der Waals surface area contributed by atoms with E-state index in [0.29, 0.717) is 18.8 Å². The summed E-state index contributed by atoms with van der Waals surface area (Å²) in [6.45, 7) is 5.85. The molecule has 0 aliphatic carbocycles. The van der Waals surface area contributed by atoms with Gasteiger partial charge >= 0.3 is 0 Å². The molecule has 0 aliphatic rings. The lowest BCUT2D eigenvalue weighted by molar-refractivity contribution is 0.322. The molecule has 0 spiro atoms. The Morgan fingerprint density at radius 2 is 1.83 bits per heavy atom. The lowest BCUT2D eigenvalue weighted by Gasteiger charge is -2.12. The van der Waals surface area contributed by atoms with E-state index < -0.39 is 10.0 Å². The molecule has 0 atom stereocenters. The van der Waals surface area contributed by atoms with Gasteiger partial charge in [0.05, 0.1) is 11.5 Å². The number of primary sulfonamides is 1. The van der Waals surface area contributed by atoms with Crippen LogP contribution in [0, 0.1) is 25.7 Å². The van der Waals surface area contributed by atoms with Gasteiger partial charge in [0.1, 0.15) is 5.75 Å². The molecule has 0 saturated carbocycles. The topological polar surface area (TPSA) is 69.4 Å². The Labute approximate surface area is 108 Å². The van der Waals surface area contributed by atoms with Crippen molar-refractivity contribution in [3.8, 4) is 17.6 Å². The van der Waals surface area contributed by atoms with Crippen molar-refractivity contribution < 1.29 is 13.2 Å². The van der Waals surface area contributed by atoms with Crippen molar-refractivity contribution in [3.05, 3.63) is 23.3 Å². The van der Waals surface area contributed by atoms with Crippen LogP contribution in [0.1, 0.15) is 24.5 Å². The number of benzene rings is 1. The van der Waals surface area contributed by atoms with E-state index in [-0.39, 0.29) is 4.90 Å². The van der Waals surface area contributed by atoms with E-state index >= 15 is 0 Å². The summed E-state index contributed by atoms with van der Waals surface area (Å²) in [5.74, 6) is 6.38. The van der Waals surface area contributed by atoms with Crippen molar-refractivity contribution in [1.82, 2.24) is 0 Å². The standard InChI is InChI=1S/C13H17NO3S/c1-4-5-6-7-17-13-10(2)8-12(9-11(13)3)18(14,15)16/h8-9H,6-7H2,1-3H3,(H2,14,15,16). The molecule has 18 heavy (non-hydrogen) atoms. The first-order valence-corrected chi connectivity index (χ1v) is 7.07. The van der Waals surface area contributed by atoms with Crippen LogP contribution in [-0.4, -0.2) is 15.0 Å². The van der Waals surface area contributed by atoms with Gasteiger partial charge in [0, 0.05) is 6.42 Å². The van der Waals surface area contributed by atoms with E-state index in [1.807, 2.05) is 0 Å². The number of nitrogens with two attached hydrogens (primary N) is 1. The maximum Gasteiger partial charge on any atom is 0.238 e. The third-order valence-corrected chi connectivity index (χ3v) is 3.31.